The molecule has 1 aromatic carbocycles. The van der Waals surface area contributed by atoms with Gasteiger partial charge >= 0.3 is 0 Å². The summed E-state index contributed by atoms with van der Waals surface area (Å²) in [6, 6.07) is 8.70. The third-order valence-electron chi connectivity index (χ3n) is 4.59. The van der Waals surface area contributed by atoms with Crippen LogP contribution in [0.15, 0.2) is 24.3 Å². The molecule has 0 aliphatic carbocycles. The normalized spacial score (nSPS) is 26.6. The first-order valence-electron chi connectivity index (χ1n) is 7.62. The van der Waals surface area contributed by atoms with Crippen molar-refractivity contribution in [1.29, 1.82) is 0 Å². The largest absolute Gasteiger partial charge is 0.497 e. The second kappa shape index (κ2) is 6.42. The van der Waals surface area contributed by atoms with Crippen LogP contribution >= 0.6 is 0 Å². The summed E-state index contributed by atoms with van der Waals surface area (Å²) in [5.74, 6) is 1.74. The van der Waals surface area contributed by atoms with Crippen molar-refractivity contribution < 1.29 is 4.74 Å². The predicted octanol–water partition coefficient (Wildman–Crippen LogP) is 3.75. The van der Waals surface area contributed by atoms with Crippen LogP contribution in [0.4, 0.5) is 0 Å². The molecular formula is C17H27NO. The molecule has 1 N–H and O–H groups in total. The molecule has 0 unspecified atom stereocenters. The third kappa shape index (κ3) is 2.79. The minimum atomic E-state index is 0.305. The van der Waals surface area contributed by atoms with Gasteiger partial charge in [-0.15, -0.1) is 0 Å². The minimum absolute atomic E-state index is 0.305. The van der Waals surface area contributed by atoms with E-state index in [-0.39, 0.29) is 0 Å². The molecule has 0 saturated carbocycles. The highest BCUT2D eigenvalue weighted by molar-refractivity contribution is 5.36. The summed E-state index contributed by atoms with van der Waals surface area (Å²) in [4.78, 5) is 0. The van der Waals surface area contributed by atoms with E-state index in [0.717, 1.165) is 24.8 Å². The monoisotopic (exact) mass is 261 g/mol. The number of ether oxygens (including phenoxy) is 1. The van der Waals surface area contributed by atoms with Crippen LogP contribution < -0.4 is 10.1 Å². The van der Waals surface area contributed by atoms with Crippen molar-refractivity contribution in [3.05, 3.63) is 29.8 Å². The molecule has 2 heteroatoms. The van der Waals surface area contributed by atoms with Crippen LogP contribution in [-0.4, -0.2) is 20.2 Å². The summed E-state index contributed by atoms with van der Waals surface area (Å²) in [5, 5.41) is 3.63. The smallest absolute Gasteiger partial charge is 0.119 e. The summed E-state index contributed by atoms with van der Waals surface area (Å²) < 4.78 is 5.41. The Morgan fingerprint density at radius 1 is 1.32 bits per heavy atom. The summed E-state index contributed by atoms with van der Waals surface area (Å²) >= 11 is 0. The SMILES string of the molecule is CCC[C@@H]1CNC[C@@]1(CCC)c1cccc(OC)c1. The maximum Gasteiger partial charge on any atom is 0.119 e. The van der Waals surface area contributed by atoms with Crippen molar-refractivity contribution in [2.45, 2.75) is 44.9 Å². The van der Waals surface area contributed by atoms with Gasteiger partial charge in [0.05, 0.1) is 7.11 Å². The lowest BCUT2D eigenvalue weighted by Crippen LogP contribution is -2.35. The second-order valence-electron chi connectivity index (χ2n) is 5.75. The van der Waals surface area contributed by atoms with E-state index in [9.17, 15) is 0 Å². The Balaban J connectivity index is 2.36. The van der Waals surface area contributed by atoms with Gasteiger partial charge in [0, 0.05) is 12.0 Å². The molecule has 1 fully saturated rings. The number of nitrogens with one attached hydrogen (secondary N) is 1. The van der Waals surface area contributed by atoms with E-state index in [0.29, 0.717) is 5.41 Å². The van der Waals surface area contributed by atoms with E-state index in [4.69, 9.17) is 4.74 Å². The third-order valence-corrected chi connectivity index (χ3v) is 4.59. The van der Waals surface area contributed by atoms with Gasteiger partial charge in [0.2, 0.25) is 0 Å². The van der Waals surface area contributed by atoms with Gasteiger partial charge in [-0.05, 0) is 43.0 Å². The molecule has 1 saturated heterocycles. The average Bonchev–Trinajstić information content (AvgIpc) is 2.84. The summed E-state index contributed by atoms with van der Waals surface area (Å²) in [5.41, 5.74) is 1.76. The van der Waals surface area contributed by atoms with E-state index in [2.05, 4.69) is 37.4 Å². The topological polar surface area (TPSA) is 21.3 Å². The van der Waals surface area contributed by atoms with Gasteiger partial charge in [-0.2, -0.15) is 0 Å². The Kier molecular flexibility index (Phi) is 4.87. The maximum absolute atomic E-state index is 5.41. The zero-order valence-electron chi connectivity index (χ0n) is 12.5. The Labute approximate surface area is 117 Å². The molecule has 2 atom stereocenters. The summed E-state index contributed by atoms with van der Waals surface area (Å²) in [6.45, 7) is 6.85. The van der Waals surface area contributed by atoms with Crippen LogP contribution in [0.2, 0.25) is 0 Å². The van der Waals surface area contributed by atoms with Crippen LogP contribution in [0.25, 0.3) is 0 Å². The predicted molar refractivity (Wildman–Crippen MR) is 80.8 cm³/mol. The molecule has 2 rings (SSSR count). The minimum Gasteiger partial charge on any atom is -0.497 e. The average molecular weight is 261 g/mol. The van der Waals surface area contributed by atoms with Crippen molar-refractivity contribution >= 4 is 0 Å². The molecule has 1 aromatic rings. The number of hydrogen-bond donors (Lipinski definition) is 1. The van der Waals surface area contributed by atoms with Gasteiger partial charge in [0.25, 0.3) is 0 Å². The summed E-state index contributed by atoms with van der Waals surface area (Å²) in [6.07, 6.45) is 5.07. The van der Waals surface area contributed by atoms with Crippen LogP contribution in [0, 0.1) is 5.92 Å². The van der Waals surface area contributed by atoms with E-state index in [1.165, 1.54) is 31.2 Å². The van der Waals surface area contributed by atoms with Gasteiger partial charge in [0.15, 0.2) is 0 Å². The number of hydrogen-bond acceptors (Lipinski definition) is 2. The highest BCUT2D eigenvalue weighted by Gasteiger charge is 2.42. The van der Waals surface area contributed by atoms with Gasteiger partial charge < -0.3 is 10.1 Å². The fourth-order valence-corrected chi connectivity index (χ4v) is 3.69. The molecule has 19 heavy (non-hydrogen) atoms. The molecule has 0 aromatic heterocycles. The molecule has 0 amide bonds. The molecule has 0 spiro atoms. The Morgan fingerprint density at radius 3 is 2.84 bits per heavy atom. The lowest BCUT2D eigenvalue weighted by Gasteiger charge is -2.35. The van der Waals surface area contributed by atoms with Crippen LogP contribution in [0.3, 0.4) is 0 Å². The number of methoxy groups -OCH3 is 1. The zero-order chi connectivity index (χ0) is 13.7. The van der Waals surface area contributed by atoms with Crippen molar-refractivity contribution in [2.24, 2.45) is 5.92 Å². The van der Waals surface area contributed by atoms with Crippen LogP contribution in [-0.2, 0) is 5.41 Å². The van der Waals surface area contributed by atoms with Crippen molar-refractivity contribution in [1.82, 2.24) is 5.32 Å². The molecule has 2 nitrogen and oxygen atoms in total. The highest BCUT2D eigenvalue weighted by atomic mass is 16.5. The second-order valence-corrected chi connectivity index (χ2v) is 5.75. The van der Waals surface area contributed by atoms with Crippen LogP contribution in [0.1, 0.15) is 45.1 Å². The van der Waals surface area contributed by atoms with E-state index >= 15 is 0 Å². The van der Waals surface area contributed by atoms with Crippen molar-refractivity contribution in [3.63, 3.8) is 0 Å². The van der Waals surface area contributed by atoms with E-state index in [1.807, 2.05) is 6.07 Å². The first-order chi connectivity index (χ1) is 9.26. The number of rotatable bonds is 6. The molecule has 1 aliphatic heterocycles. The fourth-order valence-electron chi connectivity index (χ4n) is 3.69. The summed E-state index contributed by atoms with van der Waals surface area (Å²) in [7, 11) is 1.75. The van der Waals surface area contributed by atoms with E-state index < -0.39 is 0 Å². The van der Waals surface area contributed by atoms with Gasteiger partial charge in [-0.25, -0.2) is 0 Å². The Hall–Kier alpha value is -1.02. The quantitative estimate of drug-likeness (QED) is 0.842. The van der Waals surface area contributed by atoms with Crippen LogP contribution in [0.5, 0.6) is 5.75 Å². The van der Waals surface area contributed by atoms with E-state index in [1.54, 1.807) is 7.11 Å². The Morgan fingerprint density at radius 2 is 2.16 bits per heavy atom. The molecule has 1 heterocycles. The van der Waals surface area contributed by atoms with Gasteiger partial charge in [0.1, 0.15) is 5.75 Å². The van der Waals surface area contributed by atoms with Gasteiger partial charge in [-0.3, -0.25) is 0 Å². The molecule has 0 radical (unpaired) electrons. The molecule has 106 valence electrons. The molecule has 0 bridgehead atoms. The van der Waals surface area contributed by atoms with Crippen molar-refractivity contribution in [2.75, 3.05) is 20.2 Å². The molecule has 1 aliphatic rings. The number of benzene rings is 1. The standard InChI is InChI=1S/C17H27NO/c1-4-7-15-12-18-13-17(15,10-5-2)14-8-6-9-16(11-14)19-3/h6,8-9,11,15,18H,4-5,7,10,12-13H2,1-3H3/t15-,17+/m1/s1. The lowest BCUT2D eigenvalue weighted by molar-refractivity contribution is 0.296. The maximum atomic E-state index is 5.41. The Bertz CT molecular complexity index is 404. The molecular weight excluding hydrogens is 234 g/mol. The zero-order valence-corrected chi connectivity index (χ0v) is 12.5. The first-order valence-corrected chi connectivity index (χ1v) is 7.62. The lowest BCUT2D eigenvalue weighted by atomic mass is 9.68. The first kappa shape index (κ1) is 14.4. The van der Waals surface area contributed by atoms with Gasteiger partial charge in [-0.1, -0.05) is 38.8 Å². The fraction of sp³-hybridized carbons (Fsp3) is 0.647. The van der Waals surface area contributed by atoms with Crippen molar-refractivity contribution in [3.8, 4) is 5.75 Å². The highest BCUT2D eigenvalue weighted by Crippen LogP contribution is 2.42.